The van der Waals surface area contributed by atoms with E-state index < -0.39 is 12.0 Å². The minimum Gasteiger partial charge on any atom is -0.480 e. The third-order valence-corrected chi connectivity index (χ3v) is 2.70. The van der Waals surface area contributed by atoms with Crippen molar-refractivity contribution in [1.82, 2.24) is 10.3 Å². The number of pyridine rings is 1. The number of carboxylic acid groups (broad SMARTS) is 1. The van der Waals surface area contributed by atoms with Gasteiger partial charge in [-0.1, -0.05) is 0 Å². The van der Waals surface area contributed by atoms with Crippen molar-refractivity contribution in [2.45, 2.75) is 13.0 Å². The van der Waals surface area contributed by atoms with Crippen molar-refractivity contribution in [1.29, 1.82) is 0 Å². The normalized spacial score (nSPS) is 20.8. The van der Waals surface area contributed by atoms with Crippen molar-refractivity contribution in [3.8, 4) is 0 Å². The minimum atomic E-state index is -0.808. The van der Waals surface area contributed by atoms with Crippen molar-refractivity contribution in [3.63, 3.8) is 0 Å². The highest BCUT2D eigenvalue weighted by Gasteiger charge is 2.25. The second-order valence-corrected chi connectivity index (χ2v) is 3.98. The summed E-state index contributed by atoms with van der Waals surface area (Å²) in [6.07, 6.45) is 1.75. The van der Waals surface area contributed by atoms with Gasteiger partial charge < -0.3 is 15.3 Å². The molecule has 0 aliphatic carbocycles. The minimum absolute atomic E-state index is 0.464. The molecule has 2 heterocycles. The molecule has 1 aromatic heterocycles. The Morgan fingerprint density at radius 3 is 3.19 bits per heavy atom. The summed E-state index contributed by atoms with van der Waals surface area (Å²) in [4.78, 5) is 17.2. The number of aliphatic carboxylic acids is 1. The quantitative estimate of drug-likeness (QED) is 0.749. The van der Waals surface area contributed by atoms with Gasteiger partial charge in [0, 0.05) is 25.8 Å². The zero-order valence-corrected chi connectivity index (χ0v) is 9.18. The van der Waals surface area contributed by atoms with Gasteiger partial charge >= 0.3 is 5.97 Å². The number of piperazine rings is 1. The van der Waals surface area contributed by atoms with Crippen LogP contribution < -0.4 is 10.2 Å². The summed E-state index contributed by atoms with van der Waals surface area (Å²) in [5.74, 6) is 0.0464. The Labute approximate surface area is 94.1 Å². The van der Waals surface area contributed by atoms with E-state index in [1.807, 2.05) is 24.0 Å². The fourth-order valence-corrected chi connectivity index (χ4v) is 1.82. The van der Waals surface area contributed by atoms with Gasteiger partial charge in [-0.2, -0.15) is 0 Å². The summed E-state index contributed by atoms with van der Waals surface area (Å²) in [5.41, 5.74) is 1.13. The molecule has 1 atom stereocenters. The first-order chi connectivity index (χ1) is 7.66. The molecule has 0 spiro atoms. The lowest BCUT2D eigenvalue weighted by molar-refractivity contribution is -0.139. The van der Waals surface area contributed by atoms with Gasteiger partial charge in [0.1, 0.15) is 11.9 Å². The van der Waals surface area contributed by atoms with Crippen LogP contribution in [0.4, 0.5) is 5.82 Å². The zero-order chi connectivity index (χ0) is 11.5. The molecule has 0 aromatic carbocycles. The molecule has 5 nitrogen and oxygen atoms in total. The Bertz CT molecular complexity index is 395. The third-order valence-electron chi connectivity index (χ3n) is 2.70. The molecule has 1 saturated heterocycles. The first-order valence-corrected chi connectivity index (χ1v) is 5.30. The molecule has 1 aromatic rings. The lowest BCUT2D eigenvalue weighted by Crippen LogP contribution is -2.54. The second kappa shape index (κ2) is 4.49. The van der Waals surface area contributed by atoms with E-state index >= 15 is 0 Å². The van der Waals surface area contributed by atoms with Gasteiger partial charge in [0.2, 0.25) is 0 Å². The van der Waals surface area contributed by atoms with Crippen molar-refractivity contribution < 1.29 is 9.90 Å². The van der Waals surface area contributed by atoms with E-state index in [1.165, 1.54) is 0 Å². The number of hydrogen-bond acceptors (Lipinski definition) is 4. The molecule has 0 saturated carbocycles. The SMILES string of the molecule is Cc1ccnc(N2CCN[C@@H](C(=O)O)C2)c1. The zero-order valence-electron chi connectivity index (χ0n) is 9.18. The predicted octanol–water partition coefficient (Wildman–Crippen LogP) is 0.253. The first-order valence-electron chi connectivity index (χ1n) is 5.30. The van der Waals surface area contributed by atoms with Gasteiger partial charge in [0.05, 0.1) is 0 Å². The van der Waals surface area contributed by atoms with E-state index in [2.05, 4.69) is 10.3 Å². The van der Waals surface area contributed by atoms with Gasteiger partial charge in [-0.25, -0.2) is 4.98 Å². The summed E-state index contributed by atoms with van der Waals surface area (Å²) in [5, 5.41) is 11.9. The van der Waals surface area contributed by atoms with Crippen LogP contribution >= 0.6 is 0 Å². The maximum absolute atomic E-state index is 10.9. The molecule has 1 aliphatic rings. The molecule has 0 radical (unpaired) electrons. The molecule has 0 bridgehead atoms. The molecular weight excluding hydrogens is 206 g/mol. The molecule has 2 rings (SSSR count). The van der Waals surface area contributed by atoms with Crippen LogP contribution in [0.3, 0.4) is 0 Å². The average molecular weight is 221 g/mol. The van der Waals surface area contributed by atoms with E-state index in [0.717, 1.165) is 17.9 Å². The van der Waals surface area contributed by atoms with Crippen molar-refractivity contribution in [2.75, 3.05) is 24.5 Å². The first kappa shape index (κ1) is 10.9. The van der Waals surface area contributed by atoms with Crippen LogP contribution in [0.15, 0.2) is 18.3 Å². The van der Waals surface area contributed by atoms with E-state index in [9.17, 15) is 4.79 Å². The number of nitrogens with one attached hydrogen (secondary N) is 1. The van der Waals surface area contributed by atoms with Crippen LogP contribution in [0.1, 0.15) is 5.56 Å². The fraction of sp³-hybridized carbons (Fsp3) is 0.455. The molecule has 5 heteroatoms. The number of anilines is 1. The number of carboxylic acids is 1. The molecule has 2 N–H and O–H groups in total. The average Bonchev–Trinajstić information content (AvgIpc) is 2.29. The summed E-state index contributed by atoms with van der Waals surface area (Å²) >= 11 is 0. The highest BCUT2D eigenvalue weighted by atomic mass is 16.4. The van der Waals surface area contributed by atoms with Crippen molar-refractivity contribution >= 4 is 11.8 Å². The van der Waals surface area contributed by atoms with Crippen molar-refractivity contribution in [2.24, 2.45) is 0 Å². The van der Waals surface area contributed by atoms with E-state index in [4.69, 9.17) is 5.11 Å². The largest absolute Gasteiger partial charge is 0.480 e. The number of aryl methyl sites for hydroxylation is 1. The molecule has 0 amide bonds. The molecule has 16 heavy (non-hydrogen) atoms. The maximum Gasteiger partial charge on any atom is 0.322 e. The lowest BCUT2D eigenvalue weighted by atomic mass is 10.2. The smallest absolute Gasteiger partial charge is 0.322 e. The molecule has 1 aliphatic heterocycles. The summed E-state index contributed by atoms with van der Waals surface area (Å²) in [6.45, 7) is 3.93. The molecule has 0 unspecified atom stereocenters. The highest BCUT2D eigenvalue weighted by molar-refractivity contribution is 5.74. The number of nitrogens with zero attached hydrogens (tertiary/aromatic N) is 2. The van der Waals surface area contributed by atoms with Gasteiger partial charge in [-0.15, -0.1) is 0 Å². The number of carbonyl (C=O) groups is 1. The molecular formula is C11H15N3O2. The van der Waals surface area contributed by atoms with Crippen LogP contribution in [0, 0.1) is 6.92 Å². The van der Waals surface area contributed by atoms with Gasteiger partial charge in [-0.05, 0) is 24.6 Å². The Hall–Kier alpha value is -1.62. The highest BCUT2D eigenvalue weighted by Crippen LogP contribution is 2.14. The molecule has 86 valence electrons. The summed E-state index contributed by atoms with van der Waals surface area (Å²) in [6, 6.07) is 3.40. The van der Waals surface area contributed by atoms with Crippen LogP contribution in [0.25, 0.3) is 0 Å². The standard InChI is InChI=1S/C11H15N3O2/c1-8-2-3-13-10(6-8)14-5-4-12-9(7-14)11(15)16/h2-3,6,9,12H,4-5,7H2,1H3,(H,15,16)/t9-/m1/s1. The van der Waals surface area contributed by atoms with Gasteiger partial charge in [0.25, 0.3) is 0 Å². The lowest BCUT2D eigenvalue weighted by Gasteiger charge is -2.32. The Morgan fingerprint density at radius 2 is 2.50 bits per heavy atom. The second-order valence-electron chi connectivity index (χ2n) is 3.98. The van der Waals surface area contributed by atoms with Crippen molar-refractivity contribution in [3.05, 3.63) is 23.9 Å². The predicted molar refractivity (Wildman–Crippen MR) is 60.6 cm³/mol. The maximum atomic E-state index is 10.9. The Morgan fingerprint density at radius 1 is 1.69 bits per heavy atom. The Kier molecular flexibility index (Phi) is 3.05. The summed E-state index contributed by atoms with van der Waals surface area (Å²) < 4.78 is 0. The van der Waals surface area contributed by atoms with Crippen LogP contribution in [-0.2, 0) is 4.79 Å². The van der Waals surface area contributed by atoms with Crippen LogP contribution in [0.5, 0.6) is 0 Å². The topological polar surface area (TPSA) is 65.5 Å². The van der Waals surface area contributed by atoms with Crippen LogP contribution in [0.2, 0.25) is 0 Å². The third kappa shape index (κ3) is 2.30. The van der Waals surface area contributed by atoms with E-state index in [1.54, 1.807) is 6.20 Å². The van der Waals surface area contributed by atoms with Crippen LogP contribution in [-0.4, -0.2) is 41.7 Å². The fourth-order valence-electron chi connectivity index (χ4n) is 1.82. The van der Waals surface area contributed by atoms with E-state index in [-0.39, 0.29) is 0 Å². The van der Waals surface area contributed by atoms with Gasteiger partial charge in [0.15, 0.2) is 0 Å². The van der Waals surface area contributed by atoms with E-state index in [0.29, 0.717) is 13.1 Å². The summed E-state index contributed by atoms with van der Waals surface area (Å²) in [7, 11) is 0. The number of rotatable bonds is 2. The Balaban J connectivity index is 2.12. The number of hydrogen-bond donors (Lipinski definition) is 2. The molecule has 1 fully saturated rings. The number of aromatic nitrogens is 1. The van der Waals surface area contributed by atoms with Gasteiger partial charge in [-0.3, -0.25) is 4.79 Å². The monoisotopic (exact) mass is 221 g/mol.